The lowest BCUT2D eigenvalue weighted by Crippen LogP contribution is -2.61. The van der Waals surface area contributed by atoms with Crippen molar-refractivity contribution in [3.63, 3.8) is 0 Å². The summed E-state index contributed by atoms with van der Waals surface area (Å²) in [6, 6.07) is 0.515. The molecule has 2 unspecified atom stereocenters. The second-order valence-corrected chi connectivity index (χ2v) is 7.41. The van der Waals surface area contributed by atoms with Crippen molar-refractivity contribution in [3.8, 4) is 0 Å². The Kier molecular flexibility index (Phi) is 6.65. The molecule has 0 aromatic carbocycles. The average molecular weight is 310 g/mol. The molecule has 1 N–H and O–H groups in total. The first-order chi connectivity index (χ1) is 10.2. The molecule has 0 aliphatic carbocycles. The van der Waals surface area contributed by atoms with E-state index in [4.69, 9.17) is 0 Å². The summed E-state index contributed by atoms with van der Waals surface area (Å²) in [6.45, 7) is 10.7. The number of aromatic nitrogens is 1. The Morgan fingerprint density at radius 2 is 2.10 bits per heavy atom. The summed E-state index contributed by atoms with van der Waals surface area (Å²) in [7, 11) is 0. The van der Waals surface area contributed by atoms with Gasteiger partial charge in [0.05, 0.1) is 5.51 Å². The molecule has 2 heterocycles. The fraction of sp³-hybridized carbons (Fsp3) is 0.824. The number of rotatable bonds is 8. The Morgan fingerprint density at radius 3 is 2.67 bits per heavy atom. The predicted octanol–water partition coefficient (Wildman–Crippen LogP) is 3.71. The van der Waals surface area contributed by atoms with E-state index in [0.29, 0.717) is 6.04 Å². The Morgan fingerprint density at radius 1 is 1.33 bits per heavy atom. The summed E-state index contributed by atoms with van der Waals surface area (Å²) in [6.07, 6.45) is 9.65. The fourth-order valence-electron chi connectivity index (χ4n) is 3.47. The SMILES string of the molecule is CCCNC(Cc1cncs1)C(C)(CC)N1CCCCC1. The van der Waals surface area contributed by atoms with Gasteiger partial charge in [-0.25, -0.2) is 0 Å². The van der Waals surface area contributed by atoms with Crippen LogP contribution in [0.2, 0.25) is 0 Å². The molecule has 0 radical (unpaired) electrons. The molecule has 4 heteroatoms. The van der Waals surface area contributed by atoms with Gasteiger partial charge in [0.15, 0.2) is 0 Å². The summed E-state index contributed by atoms with van der Waals surface area (Å²) >= 11 is 1.79. The van der Waals surface area contributed by atoms with E-state index in [1.807, 2.05) is 11.7 Å². The van der Waals surface area contributed by atoms with Gasteiger partial charge >= 0.3 is 0 Å². The smallest absolute Gasteiger partial charge is 0.0794 e. The van der Waals surface area contributed by atoms with E-state index in [1.54, 1.807) is 11.3 Å². The highest BCUT2D eigenvalue weighted by molar-refractivity contribution is 7.09. The molecule has 1 fully saturated rings. The lowest BCUT2D eigenvalue weighted by atomic mass is 9.83. The van der Waals surface area contributed by atoms with E-state index in [2.05, 4.69) is 36.0 Å². The van der Waals surface area contributed by atoms with E-state index >= 15 is 0 Å². The quantitative estimate of drug-likeness (QED) is 0.793. The molecule has 120 valence electrons. The predicted molar refractivity (Wildman–Crippen MR) is 92.0 cm³/mol. The third kappa shape index (κ3) is 4.27. The van der Waals surface area contributed by atoms with Gasteiger partial charge in [-0.2, -0.15) is 0 Å². The van der Waals surface area contributed by atoms with Gasteiger partial charge in [0.1, 0.15) is 0 Å². The van der Waals surface area contributed by atoms with Crippen molar-refractivity contribution in [2.24, 2.45) is 0 Å². The van der Waals surface area contributed by atoms with Gasteiger partial charge in [-0.15, -0.1) is 11.3 Å². The van der Waals surface area contributed by atoms with E-state index in [1.165, 1.54) is 50.1 Å². The number of nitrogens with zero attached hydrogens (tertiary/aromatic N) is 2. The van der Waals surface area contributed by atoms with Gasteiger partial charge in [0.2, 0.25) is 0 Å². The number of likely N-dealkylation sites (tertiary alicyclic amines) is 1. The lowest BCUT2D eigenvalue weighted by Gasteiger charge is -2.48. The van der Waals surface area contributed by atoms with E-state index < -0.39 is 0 Å². The number of hydrogen-bond acceptors (Lipinski definition) is 4. The topological polar surface area (TPSA) is 28.2 Å². The van der Waals surface area contributed by atoms with Crippen molar-refractivity contribution >= 4 is 11.3 Å². The molecule has 1 aliphatic heterocycles. The number of thiazole rings is 1. The van der Waals surface area contributed by atoms with Crippen LogP contribution in [-0.4, -0.2) is 41.1 Å². The summed E-state index contributed by atoms with van der Waals surface area (Å²) in [5, 5.41) is 3.83. The minimum absolute atomic E-state index is 0.250. The Hall–Kier alpha value is -0.450. The monoisotopic (exact) mass is 309 g/mol. The van der Waals surface area contributed by atoms with Crippen molar-refractivity contribution in [1.82, 2.24) is 15.2 Å². The van der Waals surface area contributed by atoms with Gasteiger partial charge in [-0.3, -0.25) is 9.88 Å². The molecular formula is C17H31N3S. The van der Waals surface area contributed by atoms with Gasteiger partial charge in [0.25, 0.3) is 0 Å². The molecule has 0 bridgehead atoms. The van der Waals surface area contributed by atoms with E-state index in [-0.39, 0.29) is 5.54 Å². The zero-order valence-corrected chi connectivity index (χ0v) is 14.7. The van der Waals surface area contributed by atoms with Gasteiger partial charge in [0, 0.05) is 29.1 Å². The highest BCUT2D eigenvalue weighted by atomic mass is 32.1. The molecular weight excluding hydrogens is 278 g/mol. The first-order valence-corrected chi connectivity index (χ1v) is 9.44. The van der Waals surface area contributed by atoms with E-state index in [0.717, 1.165) is 13.0 Å². The standard InChI is InChI=1S/C17H31N3S/c1-4-9-19-16(12-15-13-18-14-21-15)17(3,5-2)20-10-7-6-8-11-20/h13-14,16,19H,4-12H2,1-3H3. The van der Waals surface area contributed by atoms with Crippen LogP contribution in [0.25, 0.3) is 0 Å². The molecule has 2 atom stereocenters. The maximum atomic E-state index is 4.25. The molecule has 0 spiro atoms. The number of piperidine rings is 1. The molecule has 3 nitrogen and oxygen atoms in total. The largest absolute Gasteiger partial charge is 0.312 e. The molecule has 21 heavy (non-hydrogen) atoms. The highest BCUT2D eigenvalue weighted by Crippen LogP contribution is 2.30. The lowest BCUT2D eigenvalue weighted by molar-refractivity contribution is 0.0432. The molecule has 1 aromatic rings. The summed E-state index contributed by atoms with van der Waals surface area (Å²) in [5.41, 5.74) is 2.20. The number of nitrogens with one attached hydrogen (secondary N) is 1. The molecule has 2 rings (SSSR count). The van der Waals surface area contributed by atoms with Crippen LogP contribution in [0.4, 0.5) is 0 Å². The first-order valence-electron chi connectivity index (χ1n) is 8.56. The Labute approximate surface area is 134 Å². The van der Waals surface area contributed by atoms with Crippen LogP contribution in [-0.2, 0) is 6.42 Å². The zero-order chi connectivity index (χ0) is 15.1. The average Bonchev–Trinajstić information content (AvgIpc) is 3.04. The van der Waals surface area contributed by atoms with Crippen molar-refractivity contribution in [3.05, 3.63) is 16.6 Å². The third-order valence-corrected chi connectivity index (χ3v) is 5.88. The highest BCUT2D eigenvalue weighted by Gasteiger charge is 2.38. The first kappa shape index (κ1) is 16.9. The number of hydrogen-bond donors (Lipinski definition) is 1. The second-order valence-electron chi connectivity index (χ2n) is 6.44. The van der Waals surface area contributed by atoms with Crippen molar-refractivity contribution in [2.75, 3.05) is 19.6 Å². The maximum absolute atomic E-state index is 4.25. The van der Waals surface area contributed by atoms with Crippen LogP contribution in [0.15, 0.2) is 11.7 Å². The maximum Gasteiger partial charge on any atom is 0.0794 e. The summed E-state index contributed by atoms with van der Waals surface area (Å²) in [5.74, 6) is 0. The Bertz CT molecular complexity index is 387. The van der Waals surface area contributed by atoms with Crippen LogP contribution in [0.3, 0.4) is 0 Å². The van der Waals surface area contributed by atoms with Crippen LogP contribution in [0, 0.1) is 0 Å². The molecule has 0 saturated carbocycles. The van der Waals surface area contributed by atoms with Crippen molar-refractivity contribution in [2.45, 2.75) is 70.9 Å². The van der Waals surface area contributed by atoms with Gasteiger partial charge in [-0.1, -0.05) is 20.3 Å². The van der Waals surface area contributed by atoms with Gasteiger partial charge < -0.3 is 5.32 Å². The molecule has 1 aliphatic rings. The Balaban J connectivity index is 2.13. The summed E-state index contributed by atoms with van der Waals surface area (Å²) in [4.78, 5) is 8.40. The minimum atomic E-state index is 0.250. The molecule has 1 aromatic heterocycles. The minimum Gasteiger partial charge on any atom is -0.312 e. The van der Waals surface area contributed by atoms with Crippen LogP contribution < -0.4 is 5.32 Å². The van der Waals surface area contributed by atoms with E-state index in [9.17, 15) is 0 Å². The normalized spacial score (nSPS) is 21.1. The van der Waals surface area contributed by atoms with Crippen molar-refractivity contribution in [1.29, 1.82) is 0 Å². The summed E-state index contributed by atoms with van der Waals surface area (Å²) < 4.78 is 0. The second kappa shape index (κ2) is 8.25. The fourth-order valence-corrected chi connectivity index (χ4v) is 4.11. The zero-order valence-electron chi connectivity index (χ0n) is 13.9. The van der Waals surface area contributed by atoms with Crippen LogP contribution in [0.5, 0.6) is 0 Å². The van der Waals surface area contributed by atoms with Crippen LogP contribution in [0.1, 0.15) is 57.8 Å². The molecule has 1 saturated heterocycles. The van der Waals surface area contributed by atoms with Crippen LogP contribution >= 0.6 is 11.3 Å². The van der Waals surface area contributed by atoms with Crippen molar-refractivity contribution < 1.29 is 0 Å². The van der Waals surface area contributed by atoms with Gasteiger partial charge in [-0.05, 0) is 52.2 Å². The third-order valence-electron chi connectivity index (χ3n) is 5.07. The molecule has 0 amide bonds.